The molecule has 2 aliphatic rings. The van der Waals surface area contributed by atoms with E-state index in [1.807, 2.05) is 6.07 Å². The fourth-order valence-electron chi connectivity index (χ4n) is 5.42. The molecular formula is C26H28N2O. The molecule has 0 saturated carbocycles. The van der Waals surface area contributed by atoms with Crippen molar-refractivity contribution >= 4 is 16.8 Å². The predicted octanol–water partition coefficient (Wildman–Crippen LogP) is 6.00. The minimum Gasteiger partial charge on any atom is -0.348 e. The van der Waals surface area contributed by atoms with E-state index in [2.05, 4.69) is 78.9 Å². The van der Waals surface area contributed by atoms with E-state index in [0.29, 0.717) is 0 Å². The number of rotatable bonds is 3. The number of benzene rings is 2. The van der Waals surface area contributed by atoms with Crippen LogP contribution in [0.2, 0.25) is 0 Å². The lowest BCUT2D eigenvalue weighted by Crippen LogP contribution is -2.33. The summed E-state index contributed by atoms with van der Waals surface area (Å²) in [5.41, 5.74) is 7.45. The molecule has 0 saturated heterocycles. The third-order valence-corrected chi connectivity index (χ3v) is 7.03. The SMILES string of the molecule is Cc1c([C@@H]2C3=C(CCCC3)C(=O)N2[C@H](C)c2ccccc2)c2ccccc2n1C. The molecule has 2 atom stereocenters. The Bertz CT molecular complexity index is 1120. The Hall–Kier alpha value is -2.81. The van der Waals surface area contributed by atoms with E-state index in [1.165, 1.54) is 39.7 Å². The van der Waals surface area contributed by atoms with Crippen LogP contribution >= 0.6 is 0 Å². The lowest BCUT2D eigenvalue weighted by molar-refractivity contribution is -0.129. The van der Waals surface area contributed by atoms with Crippen LogP contribution in [0, 0.1) is 6.92 Å². The summed E-state index contributed by atoms with van der Waals surface area (Å²) in [6, 6.07) is 19.2. The van der Waals surface area contributed by atoms with Crippen LogP contribution in [0.1, 0.15) is 61.5 Å². The average Bonchev–Trinajstić information content (AvgIpc) is 3.19. The van der Waals surface area contributed by atoms with Crippen molar-refractivity contribution in [3.8, 4) is 0 Å². The highest BCUT2D eigenvalue weighted by molar-refractivity contribution is 5.99. The second kappa shape index (κ2) is 6.91. The van der Waals surface area contributed by atoms with Crippen molar-refractivity contribution in [3.63, 3.8) is 0 Å². The molecule has 1 amide bonds. The van der Waals surface area contributed by atoms with Gasteiger partial charge in [-0.15, -0.1) is 0 Å². The molecule has 0 spiro atoms. The number of carbonyl (C=O) groups excluding carboxylic acids is 1. The van der Waals surface area contributed by atoms with Gasteiger partial charge in [0.2, 0.25) is 0 Å². The van der Waals surface area contributed by atoms with Gasteiger partial charge in [-0.3, -0.25) is 4.79 Å². The third-order valence-electron chi connectivity index (χ3n) is 7.03. The molecule has 2 heterocycles. The standard InChI is InChI=1S/C26H28N2O/c1-17(19-11-5-4-6-12-19)28-25(20-13-7-8-14-21(20)26(28)29)24-18(2)27(3)23-16-10-9-15-22(23)24/h4-6,9-12,15-17,25H,7-8,13-14H2,1-3H3/t17-,25+/m1/s1. The van der Waals surface area contributed by atoms with Crippen molar-refractivity contribution in [2.75, 3.05) is 0 Å². The van der Waals surface area contributed by atoms with Crippen LogP contribution in [0.5, 0.6) is 0 Å². The lowest BCUT2D eigenvalue weighted by atomic mass is 9.86. The van der Waals surface area contributed by atoms with Crippen molar-refractivity contribution in [2.24, 2.45) is 7.05 Å². The first kappa shape index (κ1) is 18.2. The van der Waals surface area contributed by atoms with Crippen LogP contribution in [0.15, 0.2) is 65.7 Å². The normalized spacial score (nSPS) is 20.4. The Balaban J connectivity index is 1.73. The van der Waals surface area contributed by atoms with Gasteiger partial charge in [0.25, 0.3) is 5.91 Å². The van der Waals surface area contributed by atoms with Crippen LogP contribution in [0.3, 0.4) is 0 Å². The molecule has 0 bridgehead atoms. The van der Waals surface area contributed by atoms with Crippen LogP contribution in [-0.2, 0) is 11.8 Å². The lowest BCUT2D eigenvalue weighted by Gasteiger charge is -2.34. The average molecular weight is 385 g/mol. The van der Waals surface area contributed by atoms with Crippen LogP contribution in [0.4, 0.5) is 0 Å². The zero-order valence-corrected chi connectivity index (χ0v) is 17.5. The highest BCUT2D eigenvalue weighted by Crippen LogP contribution is 2.50. The molecule has 1 aliphatic carbocycles. The second-order valence-electron chi connectivity index (χ2n) is 8.49. The molecule has 0 fully saturated rings. The maximum atomic E-state index is 13.7. The van der Waals surface area contributed by atoms with Gasteiger partial charge in [-0.25, -0.2) is 0 Å². The highest BCUT2D eigenvalue weighted by atomic mass is 16.2. The van der Waals surface area contributed by atoms with E-state index in [1.54, 1.807) is 0 Å². The first-order chi connectivity index (χ1) is 14.1. The smallest absolute Gasteiger partial charge is 0.251 e. The van der Waals surface area contributed by atoms with Gasteiger partial charge in [0, 0.05) is 34.8 Å². The molecule has 148 valence electrons. The Labute approximate surface area is 172 Å². The summed E-state index contributed by atoms with van der Waals surface area (Å²) in [5, 5.41) is 1.27. The molecule has 5 rings (SSSR count). The van der Waals surface area contributed by atoms with Crippen LogP contribution < -0.4 is 0 Å². The molecule has 2 aromatic carbocycles. The van der Waals surface area contributed by atoms with E-state index in [4.69, 9.17) is 0 Å². The summed E-state index contributed by atoms with van der Waals surface area (Å²) in [4.78, 5) is 15.8. The number of carbonyl (C=O) groups is 1. The van der Waals surface area contributed by atoms with Crippen molar-refractivity contribution in [2.45, 2.75) is 51.6 Å². The fourth-order valence-corrected chi connectivity index (χ4v) is 5.42. The molecule has 0 radical (unpaired) electrons. The molecule has 1 aliphatic heterocycles. The monoisotopic (exact) mass is 384 g/mol. The number of para-hydroxylation sites is 1. The van der Waals surface area contributed by atoms with Crippen molar-refractivity contribution in [1.29, 1.82) is 0 Å². The van der Waals surface area contributed by atoms with E-state index in [-0.39, 0.29) is 18.0 Å². The van der Waals surface area contributed by atoms with Gasteiger partial charge in [-0.05, 0) is 56.7 Å². The first-order valence-electron chi connectivity index (χ1n) is 10.7. The van der Waals surface area contributed by atoms with Gasteiger partial charge in [0.1, 0.15) is 0 Å². The largest absolute Gasteiger partial charge is 0.348 e. The Morgan fingerprint density at radius 3 is 2.45 bits per heavy atom. The van der Waals surface area contributed by atoms with Gasteiger partial charge in [0.05, 0.1) is 12.1 Å². The van der Waals surface area contributed by atoms with E-state index < -0.39 is 0 Å². The van der Waals surface area contributed by atoms with Crippen molar-refractivity contribution in [1.82, 2.24) is 9.47 Å². The summed E-state index contributed by atoms with van der Waals surface area (Å²) in [5.74, 6) is 0.244. The second-order valence-corrected chi connectivity index (χ2v) is 8.49. The maximum Gasteiger partial charge on any atom is 0.251 e. The molecule has 29 heavy (non-hydrogen) atoms. The minimum absolute atomic E-state index is 0.0395. The van der Waals surface area contributed by atoms with Gasteiger partial charge >= 0.3 is 0 Å². The fraction of sp³-hybridized carbons (Fsp3) is 0.346. The Kier molecular flexibility index (Phi) is 4.34. The number of aromatic nitrogens is 1. The summed E-state index contributed by atoms with van der Waals surface area (Å²) < 4.78 is 2.28. The van der Waals surface area contributed by atoms with Gasteiger partial charge < -0.3 is 9.47 Å². The van der Waals surface area contributed by atoms with E-state index >= 15 is 0 Å². The quantitative estimate of drug-likeness (QED) is 0.543. The number of nitrogens with zero attached hydrogens (tertiary/aromatic N) is 2. The van der Waals surface area contributed by atoms with Gasteiger partial charge in [-0.1, -0.05) is 48.5 Å². The maximum absolute atomic E-state index is 13.7. The summed E-state index contributed by atoms with van der Waals surface area (Å²) in [6.07, 6.45) is 4.26. The molecule has 1 aromatic heterocycles. The molecular weight excluding hydrogens is 356 g/mol. The minimum atomic E-state index is 0.0395. The zero-order chi connectivity index (χ0) is 20.1. The highest BCUT2D eigenvalue weighted by Gasteiger charge is 2.44. The van der Waals surface area contributed by atoms with E-state index in [0.717, 1.165) is 24.8 Å². The van der Waals surface area contributed by atoms with Crippen LogP contribution in [-0.4, -0.2) is 15.4 Å². The van der Waals surface area contributed by atoms with E-state index in [9.17, 15) is 4.79 Å². The predicted molar refractivity (Wildman–Crippen MR) is 118 cm³/mol. The Morgan fingerprint density at radius 2 is 1.66 bits per heavy atom. The summed E-state index contributed by atoms with van der Waals surface area (Å²) in [6.45, 7) is 4.38. The summed E-state index contributed by atoms with van der Waals surface area (Å²) in [7, 11) is 2.14. The molecule has 3 nitrogen and oxygen atoms in total. The van der Waals surface area contributed by atoms with Crippen molar-refractivity contribution in [3.05, 3.63) is 82.6 Å². The molecule has 0 N–H and O–H groups in total. The number of amides is 1. The first-order valence-corrected chi connectivity index (χ1v) is 10.7. The molecule has 3 aromatic rings. The topological polar surface area (TPSA) is 25.2 Å². The molecule has 3 heteroatoms. The zero-order valence-electron chi connectivity index (χ0n) is 17.5. The summed E-state index contributed by atoms with van der Waals surface area (Å²) >= 11 is 0. The molecule has 0 unspecified atom stereocenters. The van der Waals surface area contributed by atoms with Crippen molar-refractivity contribution < 1.29 is 4.79 Å². The number of aryl methyl sites for hydroxylation is 1. The Morgan fingerprint density at radius 1 is 0.966 bits per heavy atom. The number of hydrogen-bond donors (Lipinski definition) is 0. The van der Waals surface area contributed by atoms with Crippen LogP contribution in [0.25, 0.3) is 10.9 Å². The number of hydrogen-bond acceptors (Lipinski definition) is 1. The van der Waals surface area contributed by atoms with Gasteiger partial charge in [-0.2, -0.15) is 0 Å². The third kappa shape index (κ3) is 2.67. The van der Waals surface area contributed by atoms with Gasteiger partial charge in [0.15, 0.2) is 0 Å². The number of fused-ring (bicyclic) bond motifs is 1.